The molecule has 0 aromatic heterocycles. The van der Waals surface area contributed by atoms with Crippen LogP contribution in [0, 0.1) is 11.3 Å². The van der Waals surface area contributed by atoms with Crippen LogP contribution < -0.4 is 5.32 Å². The van der Waals surface area contributed by atoms with Gasteiger partial charge in [-0.1, -0.05) is 11.6 Å². The molecule has 0 aliphatic heterocycles. The van der Waals surface area contributed by atoms with E-state index >= 15 is 0 Å². The molecule has 1 amide bonds. The highest BCUT2D eigenvalue weighted by Crippen LogP contribution is 2.23. The summed E-state index contributed by atoms with van der Waals surface area (Å²) in [7, 11) is 0. The van der Waals surface area contributed by atoms with E-state index < -0.39 is 5.97 Å². The standard InChI is InChI=1S/C13H13ClN2O3/c14-10-6-5-9(8-15)7-11(10)16-12(17)3-1-2-4-13(18)19/h5-7H,1-4H2,(H,16,17)(H,18,19). The minimum absolute atomic E-state index is 0.0535. The lowest BCUT2D eigenvalue weighted by Crippen LogP contribution is -2.11. The zero-order valence-corrected chi connectivity index (χ0v) is 10.9. The number of aliphatic carboxylic acids is 1. The SMILES string of the molecule is N#Cc1ccc(Cl)c(NC(=O)CCCCC(=O)O)c1. The second kappa shape index (κ2) is 7.39. The van der Waals surface area contributed by atoms with Gasteiger partial charge in [0, 0.05) is 12.8 Å². The summed E-state index contributed by atoms with van der Waals surface area (Å²) in [6, 6.07) is 6.56. The molecule has 0 atom stereocenters. The minimum Gasteiger partial charge on any atom is -0.481 e. The Bertz CT molecular complexity index is 523. The van der Waals surface area contributed by atoms with E-state index in [1.165, 1.54) is 6.07 Å². The van der Waals surface area contributed by atoms with Crippen LogP contribution in [0.5, 0.6) is 0 Å². The van der Waals surface area contributed by atoms with E-state index in [0.717, 1.165) is 0 Å². The molecule has 0 saturated carbocycles. The highest BCUT2D eigenvalue weighted by atomic mass is 35.5. The van der Waals surface area contributed by atoms with Gasteiger partial charge in [-0.2, -0.15) is 5.26 Å². The molecule has 2 N–H and O–H groups in total. The average molecular weight is 281 g/mol. The third-order valence-corrected chi connectivity index (χ3v) is 2.74. The summed E-state index contributed by atoms with van der Waals surface area (Å²) in [5.41, 5.74) is 0.800. The molecule has 1 aromatic rings. The molecule has 1 rings (SSSR count). The van der Waals surface area contributed by atoms with E-state index in [2.05, 4.69) is 5.32 Å². The third kappa shape index (κ3) is 5.40. The lowest BCUT2D eigenvalue weighted by Gasteiger charge is -2.07. The smallest absolute Gasteiger partial charge is 0.303 e. The number of nitriles is 1. The maximum atomic E-state index is 11.6. The topological polar surface area (TPSA) is 90.2 Å². The summed E-state index contributed by atoms with van der Waals surface area (Å²) in [5.74, 6) is -1.12. The molecule has 0 saturated heterocycles. The van der Waals surface area contributed by atoms with Crippen LogP contribution in [0.3, 0.4) is 0 Å². The normalized spacial score (nSPS) is 9.68. The number of nitrogens with zero attached hydrogens (tertiary/aromatic N) is 1. The number of nitrogens with one attached hydrogen (secondary N) is 1. The van der Waals surface area contributed by atoms with Crippen molar-refractivity contribution in [3.05, 3.63) is 28.8 Å². The van der Waals surface area contributed by atoms with Gasteiger partial charge < -0.3 is 10.4 Å². The van der Waals surface area contributed by atoms with Gasteiger partial charge in [-0.25, -0.2) is 0 Å². The van der Waals surface area contributed by atoms with Gasteiger partial charge in [0.2, 0.25) is 5.91 Å². The van der Waals surface area contributed by atoms with Crippen LogP contribution in [0.15, 0.2) is 18.2 Å². The van der Waals surface area contributed by atoms with Crippen molar-refractivity contribution in [1.29, 1.82) is 5.26 Å². The first-order valence-electron chi connectivity index (χ1n) is 5.74. The Morgan fingerprint density at radius 2 is 2.00 bits per heavy atom. The first kappa shape index (κ1) is 15.0. The lowest BCUT2D eigenvalue weighted by molar-refractivity contribution is -0.137. The number of benzene rings is 1. The molecule has 0 radical (unpaired) electrons. The molecule has 100 valence electrons. The van der Waals surface area contributed by atoms with Gasteiger partial charge in [-0.3, -0.25) is 9.59 Å². The average Bonchev–Trinajstić information content (AvgIpc) is 2.37. The zero-order chi connectivity index (χ0) is 14.3. The highest BCUT2D eigenvalue weighted by Gasteiger charge is 2.07. The van der Waals surface area contributed by atoms with Crippen molar-refractivity contribution in [3.63, 3.8) is 0 Å². The van der Waals surface area contributed by atoms with Crippen molar-refractivity contribution in [1.82, 2.24) is 0 Å². The van der Waals surface area contributed by atoms with Crippen molar-refractivity contribution in [2.24, 2.45) is 0 Å². The van der Waals surface area contributed by atoms with Gasteiger partial charge >= 0.3 is 5.97 Å². The number of unbranched alkanes of at least 4 members (excludes halogenated alkanes) is 1. The molecule has 6 heteroatoms. The fourth-order valence-corrected chi connectivity index (χ4v) is 1.63. The van der Waals surface area contributed by atoms with Gasteiger partial charge in [0.15, 0.2) is 0 Å². The fraction of sp³-hybridized carbons (Fsp3) is 0.308. The number of anilines is 1. The van der Waals surface area contributed by atoms with Crippen molar-refractivity contribution >= 4 is 29.2 Å². The van der Waals surface area contributed by atoms with Crippen LogP contribution >= 0.6 is 11.6 Å². The summed E-state index contributed by atoms with van der Waals surface area (Å²) < 4.78 is 0. The maximum absolute atomic E-state index is 11.6. The number of hydrogen-bond donors (Lipinski definition) is 2. The molecule has 0 bridgehead atoms. The monoisotopic (exact) mass is 280 g/mol. The molecular formula is C13H13ClN2O3. The van der Waals surface area contributed by atoms with Gasteiger partial charge in [-0.05, 0) is 31.0 Å². The number of amides is 1. The van der Waals surface area contributed by atoms with E-state index in [0.29, 0.717) is 29.1 Å². The Balaban J connectivity index is 2.48. The summed E-state index contributed by atoms with van der Waals surface area (Å²) in [4.78, 5) is 21.9. The van der Waals surface area contributed by atoms with Crippen LogP contribution in [-0.4, -0.2) is 17.0 Å². The lowest BCUT2D eigenvalue weighted by atomic mass is 10.1. The zero-order valence-electron chi connectivity index (χ0n) is 10.1. The van der Waals surface area contributed by atoms with Crippen LogP contribution in [0.2, 0.25) is 5.02 Å². The quantitative estimate of drug-likeness (QED) is 0.784. The van der Waals surface area contributed by atoms with Crippen LogP contribution in [-0.2, 0) is 9.59 Å². The minimum atomic E-state index is -0.870. The molecule has 0 aliphatic carbocycles. The molecule has 0 fully saturated rings. The second-order valence-electron chi connectivity index (χ2n) is 3.96. The van der Waals surface area contributed by atoms with Gasteiger partial charge in [-0.15, -0.1) is 0 Å². The van der Waals surface area contributed by atoms with Crippen molar-refractivity contribution < 1.29 is 14.7 Å². The fourth-order valence-electron chi connectivity index (χ4n) is 1.47. The Morgan fingerprint density at radius 1 is 1.32 bits per heavy atom. The van der Waals surface area contributed by atoms with E-state index in [1.54, 1.807) is 12.1 Å². The van der Waals surface area contributed by atoms with Crippen LogP contribution in [0.1, 0.15) is 31.2 Å². The number of carbonyl (C=O) groups is 2. The largest absolute Gasteiger partial charge is 0.481 e. The molecule has 19 heavy (non-hydrogen) atoms. The van der Waals surface area contributed by atoms with E-state index in [4.69, 9.17) is 22.0 Å². The van der Waals surface area contributed by atoms with Gasteiger partial charge in [0.25, 0.3) is 0 Å². The molecule has 1 aromatic carbocycles. The Kier molecular flexibility index (Phi) is 5.83. The van der Waals surface area contributed by atoms with Gasteiger partial charge in [0.05, 0.1) is 22.3 Å². The summed E-state index contributed by atoms with van der Waals surface area (Å²) >= 11 is 5.90. The number of hydrogen-bond acceptors (Lipinski definition) is 3. The molecule has 0 unspecified atom stereocenters. The molecule has 0 heterocycles. The molecule has 0 aliphatic rings. The predicted molar refractivity (Wildman–Crippen MR) is 70.9 cm³/mol. The third-order valence-electron chi connectivity index (χ3n) is 2.41. The second-order valence-corrected chi connectivity index (χ2v) is 4.36. The van der Waals surface area contributed by atoms with E-state index in [-0.39, 0.29) is 18.7 Å². The summed E-state index contributed by atoms with van der Waals surface area (Å²) in [6.45, 7) is 0. The van der Waals surface area contributed by atoms with Crippen LogP contribution in [0.25, 0.3) is 0 Å². The predicted octanol–water partition coefficient (Wildman–Crippen LogP) is 2.80. The summed E-state index contributed by atoms with van der Waals surface area (Å²) in [6.07, 6.45) is 1.22. The maximum Gasteiger partial charge on any atom is 0.303 e. The Labute approximate surface area is 115 Å². The Morgan fingerprint density at radius 3 is 2.63 bits per heavy atom. The van der Waals surface area contributed by atoms with Crippen molar-refractivity contribution in [2.45, 2.75) is 25.7 Å². The molecule has 5 nitrogen and oxygen atoms in total. The van der Waals surface area contributed by atoms with Crippen molar-refractivity contribution in [3.8, 4) is 6.07 Å². The van der Waals surface area contributed by atoms with Gasteiger partial charge in [0.1, 0.15) is 0 Å². The Hall–Kier alpha value is -2.06. The van der Waals surface area contributed by atoms with E-state index in [9.17, 15) is 9.59 Å². The first-order chi connectivity index (χ1) is 9.02. The van der Waals surface area contributed by atoms with Crippen LogP contribution in [0.4, 0.5) is 5.69 Å². The number of halogens is 1. The van der Waals surface area contributed by atoms with Crippen molar-refractivity contribution in [2.75, 3.05) is 5.32 Å². The number of rotatable bonds is 6. The van der Waals surface area contributed by atoms with E-state index in [1.807, 2.05) is 6.07 Å². The molecular weight excluding hydrogens is 268 g/mol. The highest BCUT2D eigenvalue weighted by molar-refractivity contribution is 6.33. The number of carbonyl (C=O) groups excluding carboxylic acids is 1. The number of carboxylic acids is 1. The summed E-state index contributed by atoms with van der Waals surface area (Å²) in [5, 5.41) is 20.2. The molecule has 0 spiro atoms. The number of carboxylic acid groups (broad SMARTS) is 1. The first-order valence-corrected chi connectivity index (χ1v) is 6.12.